The Labute approximate surface area is 118 Å². The van der Waals surface area contributed by atoms with Gasteiger partial charge in [-0.05, 0) is 33.6 Å². The van der Waals surface area contributed by atoms with E-state index in [0.717, 1.165) is 10.0 Å². The number of benzene rings is 1. The van der Waals surface area contributed by atoms with Crippen molar-refractivity contribution >= 4 is 39.1 Å². The van der Waals surface area contributed by atoms with Crippen LogP contribution in [0.4, 0.5) is 0 Å². The largest absolute Gasteiger partial charge is 0.438 e. The van der Waals surface area contributed by atoms with Gasteiger partial charge in [0.05, 0.1) is 9.50 Å². The first-order valence-corrected chi connectivity index (χ1v) is 6.54. The van der Waals surface area contributed by atoms with E-state index >= 15 is 0 Å². The Morgan fingerprint density at radius 2 is 2.06 bits per heavy atom. The van der Waals surface area contributed by atoms with Crippen LogP contribution in [0.5, 0.6) is 11.6 Å². The molecule has 0 bridgehead atoms. The summed E-state index contributed by atoms with van der Waals surface area (Å²) in [5.41, 5.74) is 0.797. The first kappa shape index (κ1) is 12.7. The number of rotatable bonds is 3. The van der Waals surface area contributed by atoms with Crippen LogP contribution in [0.25, 0.3) is 0 Å². The Hall–Kier alpha value is -0.770. The predicted molar refractivity (Wildman–Crippen MR) is 73.0 cm³/mol. The van der Waals surface area contributed by atoms with Crippen molar-refractivity contribution in [2.75, 3.05) is 0 Å². The van der Waals surface area contributed by atoms with Crippen molar-refractivity contribution in [2.45, 2.75) is 5.88 Å². The van der Waals surface area contributed by atoms with Crippen molar-refractivity contribution in [3.05, 3.63) is 51.6 Å². The summed E-state index contributed by atoms with van der Waals surface area (Å²) in [5, 5.41) is 0.541. The number of halogens is 3. The maximum absolute atomic E-state index is 5.92. The molecular weight excluding hydrogens is 325 g/mol. The SMILES string of the molecule is ClCc1cc(Oc2ccccc2Br)ncc1Cl. The molecule has 0 unspecified atom stereocenters. The summed E-state index contributed by atoms with van der Waals surface area (Å²) in [6.45, 7) is 0. The van der Waals surface area contributed by atoms with E-state index in [0.29, 0.717) is 22.5 Å². The van der Waals surface area contributed by atoms with Crippen molar-refractivity contribution < 1.29 is 4.74 Å². The third-order valence-electron chi connectivity index (χ3n) is 2.10. The zero-order valence-electron chi connectivity index (χ0n) is 8.66. The molecule has 0 atom stereocenters. The van der Waals surface area contributed by atoms with E-state index in [1.807, 2.05) is 24.3 Å². The molecule has 0 aliphatic rings. The van der Waals surface area contributed by atoms with Gasteiger partial charge in [-0.1, -0.05) is 23.7 Å². The summed E-state index contributed by atoms with van der Waals surface area (Å²) in [4.78, 5) is 4.09. The Balaban J connectivity index is 2.28. The Morgan fingerprint density at radius 3 is 2.76 bits per heavy atom. The average Bonchev–Trinajstić information content (AvgIpc) is 2.34. The van der Waals surface area contributed by atoms with Crippen LogP contribution in [-0.4, -0.2) is 4.98 Å². The van der Waals surface area contributed by atoms with Gasteiger partial charge in [-0.15, -0.1) is 11.6 Å². The molecule has 88 valence electrons. The highest BCUT2D eigenvalue weighted by Crippen LogP contribution is 2.29. The zero-order valence-corrected chi connectivity index (χ0v) is 11.8. The third kappa shape index (κ3) is 3.12. The fraction of sp³-hybridized carbons (Fsp3) is 0.0833. The van der Waals surface area contributed by atoms with Gasteiger partial charge in [-0.3, -0.25) is 0 Å². The molecule has 1 aromatic heterocycles. The number of hydrogen-bond acceptors (Lipinski definition) is 2. The molecule has 0 aliphatic heterocycles. The number of nitrogens with zero attached hydrogens (tertiary/aromatic N) is 1. The molecule has 2 aromatic rings. The van der Waals surface area contributed by atoms with Gasteiger partial charge in [-0.25, -0.2) is 4.98 Å². The zero-order chi connectivity index (χ0) is 12.3. The van der Waals surface area contributed by atoms with Crippen LogP contribution in [0.3, 0.4) is 0 Å². The number of pyridine rings is 1. The second-order valence-electron chi connectivity index (χ2n) is 3.28. The summed E-state index contributed by atoms with van der Waals surface area (Å²) >= 11 is 15.1. The van der Waals surface area contributed by atoms with Crippen molar-refractivity contribution in [1.29, 1.82) is 0 Å². The number of alkyl halides is 1. The topological polar surface area (TPSA) is 22.1 Å². The summed E-state index contributed by atoms with van der Waals surface area (Å²) in [7, 11) is 0. The van der Waals surface area contributed by atoms with Crippen LogP contribution in [0, 0.1) is 0 Å². The summed E-state index contributed by atoms with van der Waals surface area (Å²) < 4.78 is 6.50. The molecule has 0 spiro atoms. The number of para-hydroxylation sites is 1. The summed E-state index contributed by atoms with van der Waals surface area (Å²) in [6, 6.07) is 9.28. The molecule has 0 aliphatic carbocycles. The average molecular weight is 333 g/mol. The van der Waals surface area contributed by atoms with Gasteiger partial charge in [0.1, 0.15) is 5.75 Å². The van der Waals surface area contributed by atoms with E-state index in [2.05, 4.69) is 20.9 Å². The highest BCUT2D eigenvalue weighted by Gasteiger charge is 2.06. The molecule has 2 rings (SSSR count). The predicted octanol–water partition coefficient (Wildman–Crippen LogP) is 5.03. The van der Waals surface area contributed by atoms with Crippen LogP contribution >= 0.6 is 39.1 Å². The lowest BCUT2D eigenvalue weighted by atomic mass is 10.3. The molecule has 0 amide bonds. The molecule has 0 saturated heterocycles. The minimum atomic E-state index is 0.327. The van der Waals surface area contributed by atoms with Crippen LogP contribution in [0.2, 0.25) is 5.02 Å². The lowest BCUT2D eigenvalue weighted by Crippen LogP contribution is -1.91. The molecule has 1 heterocycles. The smallest absolute Gasteiger partial charge is 0.219 e. The van der Waals surface area contributed by atoms with Gasteiger partial charge >= 0.3 is 0 Å². The van der Waals surface area contributed by atoms with Crippen molar-refractivity contribution in [1.82, 2.24) is 4.98 Å². The van der Waals surface area contributed by atoms with E-state index in [9.17, 15) is 0 Å². The molecule has 0 saturated carbocycles. The molecule has 2 nitrogen and oxygen atoms in total. The van der Waals surface area contributed by atoms with E-state index in [4.69, 9.17) is 27.9 Å². The van der Waals surface area contributed by atoms with Crippen LogP contribution in [0.1, 0.15) is 5.56 Å². The van der Waals surface area contributed by atoms with Gasteiger partial charge in [-0.2, -0.15) is 0 Å². The quantitative estimate of drug-likeness (QED) is 0.735. The van der Waals surface area contributed by atoms with Crippen LogP contribution in [0.15, 0.2) is 41.0 Å². The second kappa shape index (κ2) is 5.71. The standard InChI is InChI=1S/C12H8BrCl2NO/c13-9-3-1-2-4-11(9)17-12-5-8(6-14)10(15)7-16-12/h1-5,7H,6H2. The highest BCUT2D eigenvalue weighted by molar-refractivity contribution is 9.10. The van der Waals surface area contributed by atoms with Crippen LogP contribution < -0.4 is 4.74 Å². The van der Waals surface area contributed by atoms with Gasteiger partial charge in [0.15, 0.2) is 0 Å². The highest BCUT2D eigenvalue weighted by atomic mass is 79.9. The number of hydrogen-bond donors (Lipinski definition) is 0. The van der Waals surface area contributed by atoms with Gasteiger partial charge in [0.25, 0.3) is 0 Å². The Bertz CT molecular complexity index is 534. The monoisotopic (exact) mass is 331 g/mol. The Morgan fingerprint density at radius 1 is 1.29 bits per heavy atom. The normalized spacial score (nSPS) is 10.3. The fourth-order valence-corrected chi connectivity index (χ4v) is 2.08. The minimum Gasteiger partial charge on any atom is -0.438 e. The molecule has 0 N–H and O–H groups in total. The molecular formula is C12H8BrCl2NO. The Kier molecular flexibility index (Phi) is 4.26. The van der Waals surface area contributed by atoms with E-state index < -0.39 is 0 Å². The maximum atomic E-state index is 5.92. The molecule has 17 heavy (non-hydrogen) atoms. The molecule has 0 radical (unpaired) electrons. The summed E-state index contributed by atoms with van der Waals surface area (Å²) in [6.07, 6.45) is 1.53. The van der Waals surface area contributed by atoms with E-state index in [1.54, 1.807) is 6.07 Å². The second-order valence-corrected chi connectivity index (χ2v) is 4.81. The number of aromatic nitrogens is 1. The van der Waals surface area contributed by atoms with E-state index in [1.165, 1.54) is 6.20 Å². The lowest BCUT2D eigenvalue weighted by molar-refractivity contribution is 0.459. The van der Waals surface area contributed by atoms with Crippen molar-refractivity contribution in [3.63, 3.8) is 0 Å². The van der Waals surface area contributed by atoms with Crippen molar-refractivity contribution in [2.24, 2.45) is 0 Å². The third-order valence-corrected chi connectivity index (χ3v) is 3.39. The minimum absolute atomic E-state index is 0.327. The molecule has 0 fully saturated rings. The first-order valence-electron chi connectivity index (χ1n) is 4.83. The lowest BCUT2D eigenvalue weighted by Gasteiger charge is -2.08. The van der Waals surface area contributed by atoms with Crippen molar-refractivity contribution in [3.8, 4) is 11.6 Å². The fourth-order valence-electron chi connectivity index (χ4n) is 1.26. The first-order chi connectivity index (χ1) is 8.20. The molecule has 1 aromatic carbocycles. The van der Waals surface area contributed by atoms with Gasteiger partial charge in [0, 0.05) is 18.1 Å². The summed E-state index contributed by atoms with van der Waals surface area (Å²) in [5.74, 6) is 1.49. The van der Waals surface area contributed by atoms with Crippen LogP contribution in [-0.2, 0) is 5.88 Å². The maximum Gasteiger partial charge on any atom is 0.219 e. The molecule has 5 heteroatoms. The van der Waals surface area contributed by atoms with E-state index in [-0.39, 0.29) is 0 Å². The van der Waals surface area contributed by atoms with Gasteiger partial charge < -0.3 is 4.74 Å². The number of ether oxygens (including phenoxy) is 1. The van der Waals surface area contributed by atoms with Gasteiger partial charge in [0.2, 0.25) is 5.88 Å².